The Morgan fingerprint density at radius 3 is 3.08 bits per heavy atom. The van der Waals surface area contributed by atoms with E-state index in [1.807, 2.05) is 6.07 Å². The molecule has 0 saturated carbocycles. The molecule has 0 spiro atoms. The minimum Gasteiger partial charge on any atom is -0.497 e. The first-order valence-corrected chi connectivity index (χ1v) is 4.23. The lowest BCUT2D eigenvalue weighted by molar-refractivity contribution is 0.414. The highest BCUT2D eigenvalue weighted by molar-refractivity contribution is 5.58. The molecule has 1 aliphatic rings. The molecule has 0 fully saturated rings. The van der Waals surface area contributed by atoms with Crippen molar-refractivity contribution in [3.8, 4) is 5.75 Å². The Labute approximate surface area is 72.7 Å². The van der Waals surface area contributed by atoms with Crippen LogP contribution in [0.3, 0.4) is 0 Å². The van der Waals surface area contributed by atoms with E-state index in [1.54, 1.807) is 7.11 Å². The minimum atomic E-state index is 0.945. The Hall–Kier alpha value is -1.24. The fourth-order valence-corrected chi connectivity index (χ4v) is 1.53. The number of fused-ring (bicyclic) bond motifs is 1. The van der Waals surface area contributed by atoms with Gasteiger partial charge in [-0.25, -0.2) is 0 Å². The van der Waals surface area contributed by atoms with E-state index in [-0.39, 0.29) is 0 Å². The molecular formula is C11H12O. The second kappa shape index (κ2) is 3.02. The van der Waals surface area contributed by atoms with Crippen molar-refractivity contribution in [2.75, 3.05) is 7.11 Å². The zero-order valence-electron chi connectivity index (χ0n) is 7.21. The van der Waals surface area contributed by atoms with Crippen LogP contribution in [0.15, 0.2) is 24.3 Å². The Morgan fingerprint density at radius 2 is 2.25 bits per heavy atom. The van der Waals surface area contributed by atoms with Gasteiger partial charge >= 0.3 is 0 Å². The zero-order valence-corrected chi connectivity index (χ0v) is 7.21. The lowest BCUT2D eigenvalue weighted by Gasteiger charge is -2.10. The average molecular weight is 160 g/mol. The molecule has 0 atom stereocenters. The molecule has 62 valence electrons. The number of aryl methyl sites for hydroxylation is 1. The maximum atomic E-state index is 5.15. The minimum absolute atomic E-state index is 0.945. The third kappa shape index (κ3) is 1.22. The average Bonchev–Trinajstić information content (AvgIpc) is 2.17. The summed E-state index contributed by atoms with van der Waals surface area (Å²) in [5, 5.41) is 0. The highest BCUT2D eigenvalue weighted by atomic mass is 16.5. The third-order valence-electron chi connectivity index (χ3n) is 2.23. The van der Waals surface area contributed by atoms with Gasteiger partial charge in [0.05, 0.1) is 7.11 Å². The van der Waals surface area contributed by atoms with Crippen LogP contribution in [0.4, 0.5) is 0 Å². The van der Waals surface area contributed by atoms with Crippen LogP contribution in [-0.2, 0) is 6.42 Å². The van der Waals surface area contributed by atoms with Crippen LogP contribution in [0.25, 0.3) is 6.08 Å². The molecule has 1 heteroatoms. The van der Waals surface area contributed by atoms with Crippen LogP contribution < -0.4 is 4.74 Å². The molecular weight excluding hydrogens is 148 g/mol. The van der Waals surface area contributed by atoms with E-state index < -0.39 is 0 Å². The molecule has 1 nitrogen and oxygen atoms in total. The van der Waals surface area contributed by atoms with Crippen molar-refractivity contribution in [2.24, 2.45) is 0 Å². The molecule has 1 aromatic rings. The van der Waals surface area contributed by atoms with Crippen LogP contribution in [0.2, 0.25) is 0 Å². The Morgan fingerprint density at radius 1 is 1.33 bits per heavy atom. The van der Waals surface area contributed by atoms with Crippen molar-refractivity contribution < 1.29 is 4.74 Å². The first-order valence-electron chi connectivity index (χ1n) is 4.23. The molecule has 0 amide bonds. The van der Waals surface area contributed by atoms with E-state index in [4.69, 9.17) is 4.74 Å². The molecule has 0 heterocycles. The molecule has 1 aromatic carbocycles. The van der Waals surface area contributed by atoms with E-state index in [1.165, 1.54) is 17.5 Å². The zero-order chi connectivity index (χ0) is 8.39. The molecule has 0 saturated heterocycles. The van der Waals surface area contributed by atoms with Crippen molar-refractivity contribution in [3.05, 3.63) is 35.4 Å². The molecule has 0 unspecified atom stereocenters. The maximum Gasteiger partial charge on any atom is 0.119 e. The van der Waals surface area contributed by atoms with Gasteiger partial charge in [-0.3, -0.25) is 0 Å². The number of hydrogen-bond donors (Lipinski definition) is 0. The molecule has 0 radical (unpaired) electrons. The first-order chi connectivity index (χ1) is 5.90. The normalized spacial score (nSPS) is 14.1. The van der Waals surface area contributed by atoms with Crippen LogP contribution in [-0.4, -0.2) is 7.11 Å². The summed E-state index contributed by atoms with van der Waals surface area (Å²) in [6.07, 6.45) is 6.71. The number of rotatable bonds is 1. The van der Waals surface area contributed by atoms with Gasteiger partial charge in [-0.2, -0.15) is 0 Å². The summed E-state index contributed by atoms with van der Waals surface area (Å²) >= 11 is 0. The second-order valence-corrected chi connectivity index (χ2v) is 3.01. The third-order valence-corrected chi connectivity index (χ3v) is 2.23. The molecule has 2 rings (SSSR count). The van der Waals surface area contributed by atoms with Crippen LogP contribution >= 0.6 is 0 Å². The van der Waals surface area contributed by atoms with E-state index >= 15 is 0 Å². The molecule has 12 heavy (non-hydrogen) atoms. The van der Waals surface area contributed by atoms with Crippen molar-refractivity contribution >= 4 is 6.08 Å². The Bertz CT molecular complexity index is 313. The lowest BCUT2D eigenvalue weighted by Crippen LogP contribution is -1.94. The molecule has 0 aromatic heterocycles. The Balaban J connectivity index is 2.44. The van der Waals surface area contributed by atoms with Crippen LogP contribution in [0.1, 0.15) is 17.5 Å². The predicted molar refractivity (Wildman–Crippen MR) is 50.3 cm³/mol. The van der Waals surface area contributed by atoms with Crippen LogP contribution in [0.5, 0.6) is 5.75 Å². The summed E-state index contributed by atoms with van der Waals surface area (Å²) < 4.78 is 5.15. The number of allylic oxidation sites excluding steroid dienone is 1. The van der Waals surface area contributed by atoms with Gasteiger partial charge in [0.25, 0.3) is 0 Å². The number of benzene rings is 1. The fourth-order valence-electron chi connectivity index (χ4n) is 1.53. The summed E-state index contributed by atoms with van der Waals surface area (Å²) in [4.78, 5) is 0. The van der Waals surface area contributed by atoms with Gasteiger partial charge < -0.3 is 4.74 Å². The first kappa shape index (κ1) is 7.41. The fraction of sp³-hybridized carbons (Fsp3) is 0.273. The van der Waals surface area contributed by atoms with Gasteiger partial charge in [0, 0.05) is 0 Å². The highest BCUT2D eigenvalue weighted by Gasteiger charge is 2.04. The molecule has 0 aliphatic heterocycles. The van der Waals surface area contributed by atoms with E-state index in [0.29, 0.717) is 0 Å². The van der Waals surface area contributed by atoms with Gasteiger partial charge in [-0.05, 0) is 36.1 Å². The van der Waals surface area contributed by atoms with Crippen molar-refractivity contribution in [1.29, 1.82) is 0 Å². The van der Waals surface area contributed by atoms with E-state index in [9.17, 15) is 0 Å². The SMILES string of the molecule is COc1ccc2c(c1)C=CCC2. The summed E-state index contributed by atoms with van der Waals surface area (Å²) in [5.41, 5.74) is 2.74. The van der Waals surface area contributed by atoms with Gasteiger partial charge in [0.15, 0.2) is 0 Å². The summed E-state index contributed by atoms with van der Waals surface area (Å²) in [5.74, 6) is 0.945. The Kier molecular flexibility index (Phi) is 1.86. The molecule has 0 N–H and O–H groups in total. The van der Waals surface area contributed by atoms with E-state index in [2.05, 4.69) is 24.3 Å². The second-order valence-electron chi connectivity index (χ2n) is 3.01. The van der Waals surface area contributed by atoms with Gasteiger partial charge in [-0.15, -0.1) is 0 Å². The van der Waals surface area contributed by atoms with Crippen LogP contribution in [0, 0.1) is 0 Å². The summed E-state index contributed by atoms with van der Waals surface area (Å²) in [6.45, 7) is 0. The summed E-state index contributed by atoms with van der Waals surface area (Å²) in [6, 6.07) is 6.26. The van der Waals surface area contributed by atoms with Gasteiger partial charge in [-0.1, -0.05) is 18.2 Å². The van der Waals surface area contributed by atoms with Crippen molar-refractivity contribution in [3.63, 3.8) is 0 Å². The number of hydrogen-bond acceptors (Lipinski definition) is 1. The molecule has 0 bridgehead atoms. The number of ether oxygens (including phenoxy) is 1. The predicted octanol–water partition coefficient (Wildman–Crippen LogP) is 2.65. The highest BCUT2D eigenvalue weighted by Crippen LogP contribution is 2.23. The van der Waals surface area contributed by atoms with Gasteiger partial charge in [0.2, 0.25) is 0 Å². The van der Waals surface area contributed by atoms with Crippen molar-refractivity contribution in [1.82, 2.24) is 0 Å². The summed E-state index contributed by atoms with van der Waals surface area (Å²) in [7, 11) is 1.70. The monoisotopic (exact) mass is 160 g/mol. The topological polar surface area (TPSA) is 9.23 Å². The quantitative estimate of drug-likeness (QED) is 0.613. The lowest BCUT2D eigenvalue weighted by atomic mass is 9.97. The maximum absolute atomic E-state index is 5.15. The largest absolute Gasteiger partial charge is 0.497 e. The van der Waals surface area contributed by atoms with Crippen molar-refractivity contribution in [2.45, 2.75) is 12.8 Å². The van der Waals surface area contributed by atoms with E-state index in [0.717, 1.165) is 12.2 Å². The van der Waals surface area contributed by atoms with Gasteiger partial charge in [0.1, 0.15) is 5.75 Å². The molecule has 1 aliphatic carbocycles. The smallest absolute Gasteiger partial charge is 0.119 e. The number of methoxy groups -OCH3 is 1. The standard InChI is InChI=1S/C11H12O/c1-12-11-7-6-9-4-2-3-5-10(9)8-11/h3,5-8H,2,4H2,1H3.